The topological polar surface area (TPSA) is 92.3 Å². The largest absolute Gasteiger partial charge is 0.414 e. The van der Waals surface area contributed by atoms with E-state index in [0.717, 1.165) is 5.75 Å². The van der Waals surface area contributed by atoms with Crippen molar-refractivity contribution in [3.05, 3.63) is 0 Å². The molecule has 0 aromatic rings. The first-order chi connectivity index (χ1) is 32.3. The van der Waals surface area contributed by atoms with Crippen LogP contribution in [0.15, 0.2) is 0 Å². The first-order valence-electron chi connectivity index (χ1n) is 28.6. The second-order valence-corrected chi connectivity index (χ2v) is 67.8. The molecule has 2 rings (SSSR count). The molecular formula is C56H124O10SSi7. The van der Waals surface area contributed by atoms with E-state index in [2.05, 4.69) is 244 Å². The summed E-state index contributed by atoms with van der Waals surface area (Å²) in [4.78, 5) is 0. The van der Waals surface area contributed by atoms with Gasteiger partial charge in [0.15, 0.2) is 64.5 Å². The van der Waals surface area contributed by atoms with Gasteiger partial charge in [-0.1, -0.05) is 152 Å². The van der Waals surface area contributed by atoms with Crippen LogP contribution in [0.5, 0.6) is 0 Å². The lowest BCUT2D eigenvalue weighted by Gasteiger charge is -2.57. The third kappa shape index (κ3) is 17.5. The van der Waals surface area contributed by atoms with Gasteiger partial charge in [0.05, 0.1) is 13.2 Å². The Balaban J connectivity index is 3.32. The fourth-order valence-corrected chi connectivity index (χ4v) is 16.5. The predicted octanol–water partition coefficient (Wildman–Crippen LogP) is 17.6. The monoisotopic (exact) mass is 1180 g/mol. The molecular weight excluding hydrogens is 1060 g/mol. The fourth-order valence-electron chi connectivity index (χ4n) is 7.01. The Morgan fingerprint density at radius 2 is 0.568 bits per heavy atom. The minimum atomic E-state index is -2.60. The van der Waals surface area contributed by atoms with Crippen molar-refractivity contribution in [2.24, 2.45) is 0 Å². The Morgan fingerprint density at radius 1 is 0.324 bits per heavy atom. The molecule has 2 heterocycles. The lowest BCUT2D eigenvalue weighted by molar-refractivity contribution is -0.326. The molecule has 2 saturated heterocycles. The minimum Gasteiger partial charge on any atom is -0.414 e. The van der Waals surface area contributed by atoms with Gasteiger partial charge in [-0.25, -0.2) is 0 Å². The second kappa shape index (κ2) is 24.0. The summed E-state index contributed by atoms with van der Waals surface area (Å²) in [5, 5.41) is -0.574. The van der Waals surface area contributed by atoms with Gasteiger partial charge in [0.25, 0.3) is 0 Å². The second-order valence-electron chi connectivity index (χ2n) is 33.0. The number of hydrogen-bond donors (Lipinski definition) is 0. The Morgan fingerprint density at radius 3 is 0.838 bits per heavy atom. The molecule has 442 valence electrons. The third-order valence-corrected chi connectivity index (χ3v) is 52.2. The van der Waals surface area contributed by atoms with Crippen molar-refractivity contribution in [1.29, 1.82) is 0 Å². The van der Waals surface area contributed by atoms with Crippen LogP contribution in [0.4, 0.5) is 0 Å². The van der Waals surface area contributed by atoms with E-state index in [9.17, 15) is 0 Å². The highest BCUT2D eigenvalue weighted by atomic mass is 32.2. The van der Waals surface area contributed by atoms with Crippen LogP contribution < -0.4 is 0 Å². The molecule has 18 heteroatoms. The number of hydrogen-bond acceptors (Lipinski definition) is 11. The maximum absolute atomic E-state index is 8.00. The van der Waals surface area contributed by atoms with E-state index in [0.29, 0.717) is 13.2 Å². The van der Waals surface area contributed by atoms with E-state index in [1.54, 1.807) is 11.8 Å². The average molecular weight is 1190 g/mol. The van der Waals surface area contributed by atoms with Gasteiger partial charge in [-0.15, -0.1) is 11.8 Å². The molecule has 10 nitrogen and oxygen atoms in total. The van der Waals surface area contributed by atoms with E-state index < -0.39 is 119 Å². The van der Waals surface area contributed by atoms with E-state index in [1.807, 2.05) is 0 Å². The number of ether oxygens (including phenoxy) is 3. The molecule has 0 N–H and O–H groups in total. The lowest BCUT2D eigenvalue weighted by Crippen LogP contribution is -2.71. The van der Waals surface area contributed by atoms with Crippen LogP contribution in [0, 0.1) is 0 Å². The molecule has 0 unspecified atom stereocenters. The normalized spacial score (nSPS) is 27.7. The summed E-state index contributed by atoms with van der Waals surface area (Å²) < 4.78 is 77.0. The molecule has 0 aromatic heterocycles. The van der Waals surface area contributed by atoms with Crippen molar-refractivity contribution in [3.8, 4) is 0 Å². The summed E-state index contributed by atoms with van der Waals surface area (Å²) in [6, 6.07) is 0. The molecule has 2 fully saturated rings. The van der Waals surface area contributed by atoms with Gasteiger partial charge in [-0.05, 0) is 133 Å². The maximum atomic E-state index is 8.00. The van der Waals surface area contributed by atoms with Crippen molar-refractivity contribution in [3.63, 3.8) is 0 Å². The molecule has 0 radical (unpaired) electrons. The minimum absolute atomic E-state index is 0.00913. The first kappa shape index (κ1) is 71.6. The van der Waals surface area contributed by atoms with Gasteiger partial charge >= 0.3 is 0 Å². The highest BCUT2D eigenvalue weighted by molar-refractivity contribution is 7.99. The molecule has 0 saturated carbocycles. The molecule has 0 spiro atoms. The Bertz CT molecular complexity index is 1780. The lowest BCUT2D eigenvalue weighted by atomic mass is 9.98. The van der Waals surface area contributed by atoms with Crippen molar-refractivity contribution in [2.45, 2.75) is 340 Å². The average Bonchev–Trinajstić information content (AvgIpc) is 3.14. The van der Waals surface area contributed by atoms with Gasteiger partial charge in [-0.2, -0.15) is 0 Å². The number of thioether (sulfide) groups is 1. The van der Waals surface area contributed by atoms with Crippen molar-refractivity contribution in [1.82, 2.24) is 0 Å². The summed E-state index contributed by atoms with van der Waals surface area (Å²) in [5.41, 5.74) is -0.443. The molecule has 0 amide bonds. The zero-order valence-corrected chi connectivity index (χ0v) is 63.2. The summed E-state index contributed by atoms with van der Waals surface area (Å²) >= 11 is 1.76. The predicted molar refractivity (Wildman–Crippen MR) is 337 cm³/mol. The molecule has 10 atom stereocenters. The Kier molecular flexibility index (Phi) is 23.2. The van der Waals surface area contributed by atoms with Crippen molar-refractivity contribution >= 4 is 70.0 Å². The van der Waals surface area contributed by atoms with Crippen LogP contribution in [0.2, 0.25) is 127 Å². The zero-order chi connectivity index (χ0) is 58.7. The number of rotatable bonds is 20. The van der Waals surface area contributed by atoms with E-state index in [1.165, 1.54) is 0 Å². The van der Waals surface area contributed by atoms with Crippen LogP contribution in [-0.4, -0.2) is 138 Å². The summed E-state index contributed by atoms with van der Waals surface area (Å²) in [6.45, 7) is 84.2. The zero-order valence-electron chi connectivity index (χ0n) is 55.4. The first-order valence-corrected chi connectivity index (χ1v) is 50.0. The highest BCUT2D eigenvalue weighted by Gasteiger charge is 2.61. The molecule has 0 bridgehead atoms. The van der Waals surface area contributed by atoms with E-state index in [4.69, 9.17) is 45.2 Å². The van der Waals surface area contributed by atoms with Gasteiger partial charge in [0, 0.05) is 0 Å². The SMILES string of the molecule is CCS[C@@H]1O[C@H](CO[Si](C)(C)C(C)(C)C)[C@@H](O[Si](C)(C)C(C)(C)C)[C@H](O[Si](C)(C)C(C)(C)C)[C@H]1O[C@@H]1O[C@H](CO[Si](C)(C)C(C)(C)C)[C@@H](O[Si](C)(C)C(C)(C)C)[C@H](O[Si](C)(C)C(C)(C)C)[C@H]1O[Si](C)(C)C(C)(C)C. The summed E-state index contributed by atoms with van der Waals surface area (Å²) in [6.07, 6.45) is -5.22. The third-order valence-electron chi connectivity index (χ3n) is 19.8. The van der Waals surface area contributed by atoms with E-state index in [-0.39, 0.29) is 35.3 Å². The quantitative estimate of drug-likeness (QED) is 0.109. The van der Waals surface area contributed by atoms with Crippen LogP contribution in [-0.2, 0) is 45.2 Å². The Labute approximate surface area is 471 Å². The van der Waals surface area contributed by atoms with E-state index >= 15 is 0 Å². The molecule has 74 heavy (non-hydrogen) atoms. The molecule has 0 aliphatic carbocycles. The van der Waals surface area contributed by atoms with Crippen LogP contribution in [0.25, 0.3) is 0 Å². The van der Waals surface area contributed by atoms with Crippen molar-refractivity contribution in [2.75, 3.05) is 19.0 Å². The summed E-state index contributed by atoms with van der Waals surface area (Å²) in [5.74, 6) is 0.804. The maximum Gasteiger partial charge on any atom is 0.192 e. The molecule has 0 aromatic carbocycles. The van der Waals surface area contributed by atoms with Crippen LogP contribution >= 0.6 is 11.8 Å². The van der Waals surface area contributed by atoms with Gasteiger partial charge in [0.1, 0.15) is 54.3 Å². The Hall–Kier alpha value is 1.47. The smallest absolute Gasteiger partial charge is 0.192 e. The van der Waals surface area contributed by atoms with Crippen LogP contribution in [0.3, 0.4) is 0 Å². The molecule has 2 aliphatic heterocycles. The highest BCUT2D eigenvalue weighted by Crippen LogP contribution is 2.50. The van der Waals surface area contributed by atoms with Gasteiger partial charge in [-0.3, -0.25) is 0 Å². The van der Waals surface area contributed by atoms with Gasteiger partial charge in [0.2, 0.25) is 0 Å². The summed E-state index contributed by atoms with van der Waals surface area (Å²) in [7, 11) is -17.3. The van der Waals surface area contributed by atoms with Crippen molar-refractivity contribution < 1.29 is 45.2 Å². The fraction of sp³-hybridized carbons (Fsp3) is 1.00. The standard InChI is InChI=1S/C56H124O10SSi7/c1-37-67-49-47(45(65-73(33,34)55(17,18)19)43(63-71(29,30)53(11,12)13)41(60-49)39-58-69(25,26)51(5,6)7)61-48-46(66-74(35,36)56(20,21)22)44(64-72(31,32)54(14,15)16)42(62-70(27,28)52(8,9)10)40(59-48)38-57-68(23,24)50(2,3)4/h40-49H,37-39H2,1-36H3/t40-,41-,42-,43-,44+,45+,46-,47-,48+,49+/m1/s1. The van der Waals surface area contributed by atoms with Crippen LogP contribution in [0.1, 0.15) is 152 Å². The molecule has 2 aliphatic rings. The van der Waals surface area contributed by atoms with Gasteiger partial charge < -0.3 is 45.2 Å².